The predicted molar refractivity (Wildman–Crippen MR) is 31.1 cm³/mol. The van der Waals surface area contributed by atoms with E-state index in [0.717, 1.165) is 13.1 Å². The molecule has 2 aliphatic rings. The summed E-state index contributed by atoms with van der Waals surface area (Å²) in [7, 11) is 0. The Kier molecular flexibility index (Phi) is 1.07. The summed E-state index contributed by atoms with van der Waals surface area (Å²) in [6.45, 7) is 2.17. The Bertz CT molecular complexity index is 128. The van der Waals surface area contributed by atoms with Crippen LogP contribution in [0.15, 0.2) is 0 Å². The van der Waals surface area contributed by atoms with Crippen molar-refractivity contribution in [2.24, 2.45) is 5.92 Å². The topological polar surface area (TPSA) is 38.3 Å². The summed E-state index contributed by atoms with van der Waals surface area (Å²) < 4.78 is 5.18. The van der Waals surface area contributed by atoms with Crippen LogP contribution in [0.25, 0.3) is 0 Å². The molecule has 0 spiro atoms. The summed E-state index contributed by atoms with van der Waals surface area (Å²) >= 11 is 0. The van der Waals surface area contributed by atoms with Crippen LogP contribution in [0.1, 0.15) is 0 Å². The molecule has 0 radical (unpaired) electrons. The lowest BCUT2D eigenvalue weighted by Gasteiger charge is -2.15. The highest BCUT2D eigenvalue weighted by atomic mass is 16.5. The van der Waals surface area contributed by atoms with E-state index in [1.165, 1.54) is 0 Å². The van der Waals surface area contributed by atoms with Gasteiger partial charge in [0.15, 0.2) is 5.78 Å². The number of Topliss-reactive ketones (excluding diaryl/α,β-unsaturated/α-hetero) is 1. The molecule has 0 aromatic rings. The number of hydrogen-bond acceptors (Lipinski definition) is 3. The van der Waals surface area contributed by atoms with Crippen molar-refractivity contribution in [3.63, 3.8) is 0 Å². The summed E-state index contributed by atoms with van der Waals surface area (Å²) in [5.41, 5.74) is 0. The van der Waals surface area contributed by atoms with E-state index in [0.29, 0.717) is 12.4 Å². The second-order valence-corrected chi connectivity index (χ2v) is 2.58. The second-order valence-electron chi connectivity index (χ2n) is 2.58. The molecule has 0 saturated carbocycles. The Morgan fingerprint density at radius 1 is 1.56 bits per heavy atom. The summed E-state index contributed by atoms with van der Waals surface area (Å²) in [4.78, 5) is 11.0. The first-order chi connectivity index (χ1) is 4.38. The molecule has 1 N–H and O–H groups in total. The standard InChI is InChI=1S/C6H9NO2/c8-6-4-1-7-2-5(6)9-3-4/h4-5,7H,1-3H2/t4-,5+/m0/s1. The van der Waals surface area contributed by atoms with Crippen LogP contribution in [0.2, 0.25) is 0 Å². The van der Waals surface area contributed by atoms with Crippen molar-refractivity contribution in [2.45, 2.75) is 6.10 Å². The number of ether oxygens (including phenoxy) is 1. The highest BCUT2D eigenvalue weighted by Crippen LogP contribution is 2.17. The molecule has 2 saturated heterocycles. The minimum absolute atomic E-state index is 0.122. The Morgan fingerprint density at radius 2 is 2.44 bits per heavy atom. The van der Waals surface area contributed by atoms with Gasteiger partial charge in [0.25, 0.3) is 0 Å². The second kappa shape index (κ2) is 1.78. The van der Waals surface area contributed by atoms with Crippen molar-refractivity contribution in [3.05, 3.63) is 0 Å². The summed E-state index contributed by atoms with van der Waals surface area (Å²) in [5, 5.41) is 3.13. The van der Waals surface area contributed by atoms with Gasteiger partial charge in [-0.25, -0.2) is 0 Å². The lowest BCUT2D eigenvalue weighted by atomic mass is 10.0. The quantitative estimate of drug-likeness (QED) is 0.461. The zero-order valence-corrected chi connectivity index (χ0v) is 5.09. The van der Waals surface area contributed by atoms with Crippen LogP contribution in [-0.2, 0) is 9.53 Å². The van der Waals surface area contributed by atoms with Gasteiger partial charge in [-0.1, -0.05) is 0 Å². The smallest absolute Gasteiger partial charge is 0.169 e. The van der Waals surface area contributed by atoms with Crippen molar-refractivity contribution >= 4 is 5.78 Å². The Morgan fingerprint density at radius 3 is 3.11 bits per heavy atom. The Labute approximate surface area is 53.4 Å². The van der Waals surface area contributed by atoms with Gasteiger partial charge < -0.3 is 10.1 Å². The Hall–Kier alpha value is -0.410. The van der Waals surface area contributed by atoms with Gasteiger partial charge >= 0.3 is 0 Å². The molecule has 0 amide bonds. The zero-order valence-electron chi connectivity index (χ0n) is 5.09. The summed E-state index contributed by atoms with van der Waals surface area (Å²) in [6, 6.07) is 0. The maximum absolute atomic E-state index is 11.0. The summed E-state index contributed by atoms with van der Waals surface area (Å²) in [5.74, 6) is 0.456. The van der Waals surface area contributed by atoms with Crippen LogP contribution in [0.4, 0.5) is 0 Å². The van der Waals surface area contributed by atoms with Crippen molar-refractivity contribution in [2.75, 3.05) is 19.7 Å². The minimum atomic E-state index is -0.122. The number of rotatable bonds is 0. The molecule has 0 aromatic carbocycles. The number of carbonyl (C=O) groups is 1. The minimum Gasteiger partial charge on any atom is -0.368 e. The van der Waals surface area contributed by atoms with Crippen molar-refractivity contribution in [1.29, 1.82) is 0 Å². The Balaban J connectivity index is 2.19. The van der Waals surface area contributed by atoms with Gasteiger partial charge in [0.1, 0.15) is 6.10 Å². The molecule has 2 atom stereocenters. The molecular formula is C6H9NO2. The first-order valence-corrected chi connectivity index (χ1v) is 3.24. The van der Waals surface area contributed by atoms with E-state index in [4.69, 9.17) is 4.74 Å². The summed E-state index contributed by atoms with van der Waals surface area (Å²) in [6.07, 6.45) is -0.122. The lowest BCUT2D eigenvalue weighted by Crippen LogP contribution is -2.42. The van der Waals surface area contributed by atoms with Gasteiger partial charge in [-0.15, -0.1) is 0 Å². The molecule has 2 fully saturated rings. The fraction of sp³-hybridized carbons (Fsp3) is 0.833. The zero-order chi connectivity index (χ0) is 6.27. The van der Waals surface area contributed by atoms with Crippen molar-refractivity contribution in [3.8, 4) is 0 Å². The van der Waals surface area contributed by atoms with E-state index < -0.39 is 0 Å². The van der Waals surface area contributed by atoms with Gasteiger partial charge in [0, 0.05) is 13.1 Å². The van der Waals surface area contributed by atoms with Crippen LogP contribution in [0, 0.1) is 5.92 Å². The third kappa shape index (κ3) is 0.686. The van der Waals surface area contributed by atoms with E-state index >= 15 is 0 Å². The van der Waals surface area contributed by atoms with Crippen molar-refractivity contribution in [1.82, 2.24) is 5.32 Å². The molecule has 3 nitrogen and oxygen atoms in total. The van der Waals surface area contributed by atoms with E-state index in [-0.39, 0.29) is 12.0 Å². The van der Waals surface area contributed by atoms with Gasteiger partial charge in [-0.3, -0.25) is 4.79 Å². The van der Waals surface area contributed by atoms with Crippen LogP contribution in [-0.4, -0.2) is 31.6 Å². The maximum atomic E-state index is 11.0. The van der Waals surface area contributed by atoms with Gasteiger partial charge in [-0.2, -0.15) is 0 Å². The largest absolute Gasteiger partial charge is 0.368 e. The van der Waals surface area contributed by atoms with E-state index in [1.807, 2.05) is 0 Å². The number of ketones is 1. The highest BCUT2D eigenvalue weighted by Gasteiger charge is 2.37. The van der Waals surface area contributed by atoms with Gasteiger partial charge in [0.05, 0.1) is 12.5 Å². The molecule has 2 heterocycles. The molecule has 9 heavy (non-hydrogen) atoms. The van der Waals surface area contributed by atoms with Gasteiger partial charge in [-0.05, 0) is 0 Å². The molecule has 0 unspecified atom stereocenters. The van der Waals surface area contributed by atoms with E-state index in [2.05, 4.69) is 5.32 Å². The number of nitrogens with one attached hydrogen (secondary N) is 1. The van der Waals surface area contributed by atoms with Gasteiger partial charge in [0.2, 0.25) is 0 Å². The third-order valence-electron chi connectivity index (χ3n) is 1.94. The van der Waals surface area contributed by atoms with Crippen LogP contribution >= 0.6 is 0 Å². The number of piperidine rings is 1. The lowest BCUT2D eigenvalue weighted by molar-refractivity contribution is -0.125. The van der Waals surface area contributed by atoms with E-state index in [9.17, 15) is 4.79 Å². The average molecular weight is 127 g/mol. The van der Waals surface area contributed by atoms with Crippen LogP contribution < -0.4 is 5.32 Å². The molecule has 3 heteroatoms. The molecular weight excluding hydrogens is 118 g/mol. The van der Waals surface area contributed by atoms with Crippen LogP contribution in [0.3, 0.4) is 0 Å². The fourth-order valence-corrected chi connectivity index (χ4v) is 1.37. The molecule has 0 aromatic heterocycles. The SMILES string of the molecule is O=C1[C@H]2CNC[C@H]1OC2. The first kappa shape index (κ1) is 5.38. The maximum Gasteiger partial charge on any atom is 0.169 e. The normalized spacial score (nSPS) is 41.6. The average Bonchev–Trinajstić information content (AvgIpc) is 2.19. The number of fused-ring (bicyclic) bond motifs is 2. The monoisotopic (exact) mass is 127 g/mol. The highest BCUT2D eigenvalue weighted by molar-refractivity contribution is 5.88. The fourth-order valence-electron chi connectivity index (χ4n) is 1.37. The molecule has 2 bridgehead atoms. The predicted octanol–water partition coefficient (Wildman–Crippen LogP) is -0.826. The van der Waals surface area contributed by atoms with Crippen molar-refractivity contribution < 1.29 is 9.53 Å². The van der Waals surface area contributed by atoms with E-state index in [1.54, 1.807) is 0 Å². The number of hydrogen-bond donors (Lipinski definition) is 1. The molecule has 2 rings (SSSR count). The number of carbonyl (C=O) groups excluding carboxylic acids is 1. The molecule has 50 valence electrons. The van der Waals surface area contributed by atoms with Crippen LogP contribution in [0.5, 0.6) is 0 Å². The first-order valence-electron chi connectivity index (χ1n) is 3.24. The third-order valence-corrected chi connectivity index (χ3v) is 1.94. The molecule has 2 aliphatic heterocycles. The molecule has 0 aliphatic carbocycles.